The lowest BCUT2D eigenvalue weighted by Crippen LogP contribution is -2.06. The van der Waals surface area contributed by atoms with Crippen LogP contribution >= 0.6 is 27.5 Å². The van der Waals surface area contributed by atoms with E-state index in [-0.39, 0.29) is 0 Å². The second-order valence-corrected chi connectivity index (χ2v) is 5.88. The van der Waals surface area contributed by atoms with Crippen molar-refractivity contribution in [3.63, 3.8) is 0 Å². The van der Waals surface area contributed by atoms with Gasteiger partial charge in [0, 0.05) is 11.5 Å². The first-order chi connectivity index (χ1) is 9.65. The zero-order chi connectivity index (χ0) is 14.1. The number of nitrogens with one attached hydrogen (secondary N) is 1. The van der Waals surface area contributed by atoms with Gasteiger partial charge in [0.25, 0.3) is 0 Å². The second kappa shape index (κ2) is 5.46. The second-order valence-electron chi connectivity index (χ2n) is 4.55. The average molecular weight is 351 g/mol. The van der Waals surface area contributed by atoms with E-state index < -0.39 is 0 Å². The summed E-state index contributed by atoms with van der Waals surface area (Å²) in [6, 6.07) is 13.9. The van der Waals surface area contributed by atoms with Crippen LogP contribution in [0.2, 0.25) is 5.02 Å². The van der Waals surface area contributed by atoms with E-state index >= 15 is 0 Å². The SMILES string of the molecule is Cn1c(CNc2ccc(Br)cc2Cl)nc2ccccc21. The van der Waals surface area contributed by atoms with Crippen molar-refractivity contribution in [2.24, 2.45) is 7.05 Å². The predicted octanol–water partition coefficient (Wildman–Crippen LogP) is 4.60. The van der Waals surface area contributed by atoms with Gasteiger partial charge in [0.1, 0.15) is 5.82 Å². The monoisotopic (exact) mass is 349 g/mol. The minimum atomic E-state index is 0.631. The summed E-state index contributed by atoms with van der Waals surface area (Å²) in [6.07, 6.45) is 0. The van der Waals surface area contributed by atoms with Crippen LogP contribution in [0.5, 0.6) is 0 Å². The Bertz CT molecular complexity index is 767. The van der Waals surface area contributed by atoms with Gasteiger partial charge in [0.05, 0.1) is 28.3 Å². The summed E-state index contributed by atoms with van der Waals surface area (Å²) in [7, 11) is 2.02. The number of aromatic nitrogens is 2. The molecule has 0 aliphatic carbocycles. The number of aryl methyl sites for hydroxylation is 1. The topological polar surface area (TPSA) is 29.9 Å². The van der Waals surface area contributed by atoms with E-state index in [1.54, 1.807) is 0 Å². The molecule has 0 radical (unpaired) electrons. The highest BCUT2D eigenvalue weighted by Gasteiger charge is 2.07. The molecule has 0 bridgehead atoms. The van der Waals surface area contributed by atoms with Crippen LogP contribution in [-0.4, -0.2) is 9.55 Å². The Labute approximate surface area is 130 Å². The van der Waals surface area contributed by atoms with Crippen molar-refractivity contribution >= 4 is 44.3 Å². The molecule has 0 spiro atoms. The molecule has 3 aromatic rings. The first-order valence-electron chi connectivity index (χ1n) is 6.24. The third kappa shape index (κ3) is 2.53. The molecule has 102 valence electrons. The van der Waals surface area contributed by atoms with Crippen LogP contribution in [0.25, 0.3) is 11.0 Å². The number of hydrogen-bond acceptors (Lipinski definition) is 2. The number of imidazole rings is 1. The van der Waals surface area contributed by atoms with Gasteiger partial charge in [-0.25, -0.2) is 4.98 Å². The Hall–Kier alpha value is -1.52. The van der Waals surface area contributed by atoms with Crippen LogP contribution in [-0.2, 0) is 13.6 Å². The van der Waals surface area contributed by atoms with Gasteiger partial charge in [-0.05, 0) is 30.3 Å². The van der Waals surface area contributed by atoms with Crippen molar-refractivity contribution in [1.29, 1.82) is 0 Å². The fourth-order valence-electron chi connectivity index (χ4n) is 2.16. The molecule has 0 unspecified atom stereocenters. The number of benzene rings is 2. The summed E-state index contributed by atoms with van der Waals surface area (Å²) >= 11 is 9.59. The van der Waals surface area contributed by atoms with Gasteiger partial charge >= 0.3 is 0 Å². The third-order valence-electron chi connectivity index (χ3n) is 3.25. The quantitative estimate of drug-likeness (QED) is 0.748. The lowest BCUT2D eigenvalue weighted by Gasteiger charge is -2.08. The summed E-state index contributed by atoms with van der Waals surface area (Å²) in [6.45, 7) is 0.631. The molecule has 1 N–H and O–H groups in total. The van der Waals surface area contributed by atoms with Gasteiger partial charge in [-0.15, -0.1) is 0 Å². The Morgan fingerprint density at radius 3 is 2.80 bits per heavy atom. The zero-order valence-electron chi connectivity index (χ0n) is 10.9. The predicted molar refractivity (Wildman–Crippen MR) is 87.2 cm³/mol. The molecule has 1 aromatic heterocycles. The fourth-order valence-corrected chi connectivity index (χ4v) is 2.90. The molecule has 5 heteroatoms. The molecular formula is C15H13BrClN3. The van der Waals surface area contributed by atoms with Crippen molar-refractivity contribution < 1.29 is 0 Å². The number of halogens is 2. The maximum absolute atomic E-state index is 6.19. The Morgan fingerprint density at radius 2 is 2.05 bits per heavy atom. The Balaban J connectivity index is 1.85. The zero-order valence-corrected chi connectivity index (χ0v) is 13.2. The number of para-hydroxylation sites is 2. The molecule has 3 nitrogen and oxygen atoms in total. The summed E-state index contributed by atoms with van der Waals surface area (Å²) in [5.74, 6) is 0.977. The standard InChI is InChI=1S/C15H13BrClN3/c1-20-14-5-3-2-4-13(14)19-15(20)9-18-12-7-6-10(16)8-11(12)17/h2-8,18H,9H2,1H3. The van der Waals surface area contributed by atoms with Gasteiger partial charge < -0.3 is 9.88 Å². The largest absolute Gasteiger partial charge is 0.377 e. The summed E-state index contributed by atoms with van der Waals surface area (Å²) in [5, 5.41) is 4.01. The molecule has 0 fully saturated rings. The average Bonchev–Trinajstić information content (AvgIpc) is 2.75. The molecular weight excluding hydrogens is 338 g/mol. The highest BCUT2D eigenvalue weighted by atomic mass is 79.9. The Kier molecular flexibility index (Phi) is 3.68. The van der Waals surface area contributed by atoms with E-state index in [4.69, 9.17) is 11.6 Å². The van der Waals surface area contributed by atoms with Crippen molar-refractivity contribution in [2.45, 2.75) is 6.54 Å². The first kappa shape index (κ1) is 13.5. The number of anilines is 1. The number of nitrogens with zero attached hydrogens (tertiary/aromatic N) is 2. The molecule has 1 heterocycles. The molecule has 0 saturated heterocycles. The maximum atomic E-state index is 6.19. The van der Waals surface area contributed by atoms with Gasteiger partial charge in [0.15, 0.2) is 0 Å². The van der Waals surface area contributed by atoms with Crippen LogP contribution in [0.15, 0.2) is 46.9 Å². The van der Waals surface area contributed by atoms with Crippen LogP contribution in [0.4, 0.5) is 5.69 Å². The van der Waals surface area contributed by atoms with Crippen LogP contribution in [0.3, 0.4) is 0 Å². The van der Waals surface area contributed by atoms with E-state index in [0.717, 1.165) is 27.0 Å². The van der Waals surface area contributed by atoms with Crippen molar-refractivity contribution in [3.8, 4) is 0 Å². The van der Waals surface area contributed by atoms with E-state index in [9.17, 15) is 0 Å². The molecule has 0 saturated carbocycles. The number of rotatable bonds is 3. The molecule has 0 aliphatic heterocycles. The third-order valence-corrected chi connectivity index (χ3v) is 4.05. The summed E-state index contributed by atoms with van der Waals surface area (Å²) in [4.78, 5) is 4.62. The molecule has 3 rings (SSSR count). The molecule has 0 atom stereocenters. The summed E-state index contributed by atoms with van der Waals surface area (Å²) in [5.41, 5.74) is 3.04. The van der Waals surface area contributed by atoms with Crippen LogP contribution < -0.4 is 5.32 Å². The van der Waals surface area contributed by atoms with Crippen LogP contribution in [0.1, 0.15) is 5.82 Å². The number of fused-ring (bicyclic) bond motifs is 1. The first-order valence-corrected chi connectivity index (χ1v) is 7.41. The summed E-state index contributed by atoms with van der Waals surface area (Å²) < 4.78 is 3.06. The fraction of sp³-hybridized carbons (Fsp3) is 0.133. The molecule has 20 heavy (non-hydrogen) atoms. The molecule has 2 aromatic carbocycles. The van der Waals surface area contributed by atoms with Crippen molar-refractivity contribution in [1.82, 2.24) is 9.55 Å². The maximum Gasteiger partial charge on any atom is 0.128 e. The van der Waals surface area contributed by atoms with Crippen molar-refractivity contribution in [3.05, 3.63) is 57.8 Å². The highest BCUT2D eigenvalue weighted by Crippen LogP contribution is 2.26. The lowest BCUT2D eigenvalue weighted by atomic mass is 10.3. The molecule has 0 aliphatic rings. The lowest BCUT2D eigenvalue weighted by molar-refractivity contribution is 0.834. The smallest absolute Gasteiger partial charge is 0.128 e. The van der Waals surface area contributed by atoms with Gasteiger partial charge in [0.2, 0.25) is 0 Å². The number of hydrogen-bond donors (Lipinski definition) is 1. The molecule has 0 amide bonds. The van der Waals surface area contributed by atoms with E-state index in [1.807, 2.05) is 43.4 Å². The van der Waals surface area contributed by atoms with E-state index in [2.05, 4.69) is 36.9 Å². The normalized spacial score (nSPS) is 10.9. The Morgan fingerprint density at radius 1 is 1.25 bits per heavy atom. The highest BCUT2D eigenvalue weighted by molar-refractivity contribution is 9.10. The van der Waals surface area contributed by atoms with E-state index in [0.29, 0.717) is 11.6 Å². The minimum Gasteiger partial charge on any atom is -0.377 e. The van der Waals surface area contributed by atoms with E-state index in [1.165, 1.54) is 0 Å². The van der Waals surface area contributed by atoms with Crippen LogP contribution in [0, 0.1) is 0 Å². The van der Waals surface area contributed by atoms with Gasteiger partial charge in [-0.2, -0.15) is 0 Å². The minimum absolute atomic E-state index is 0.631. The van der Waals surface area contributed by atoms with Gasteiger partial charge in [-0.1, -0.05) is 39.7 Å². The van der Waals surface area contributed by atoms with Crippen molar-refractivity contribution in [2.75, 3.05) is 5.32 Å². The van der Waals surface area contributed by atoms with Gasteiger partial charge in [-0.3, -0.25) is 0 Å².